The highest BCUT2D eigenvalue weighted by atomic mass is 79.9. The fraction of sp³-hybridized carbons (Fsp3) is 0.679. The molecule has 0 aliphatic carbocycles. The Hall–Kier alpha value is -2.48. The topological polar surface area (TPSA) is 71.0 Å². The van der Waals surface area contributed by atoms with E-state index in [1.807, 2.05) is 0 Å². The Kier molecular flexibility index (Phi) is 7.26. The second-order valence-electron chi connectivity index (χ2n) is 12.8. The third-order valence-electron chi connectivity index (χ3n) is 8.75. The molecule has 4 fully saturated rings. The van der Waals surface area contributed by atoms with E-state index in [0.29, 0.717) is 25.8 Å². The minimum Gasteiger partial charge on any atom is -0.461 e. The molecule has 4 saturated heterocycles. The Morgan fingerprint density at radius 1 is 1.14 bits per heavy atom. The van der Waals surface area contributed by atoms with E-state index in [-0.39, 0.29) is 54.5 Å². The normalized spacial score (nSPS) is 28.1. The highest BCUT2D eigenvalue weighted by molar-refractivity contribution is 9.10. The van der Waals surface area contributed by atoms with E-state index in [4.69, 9.17) is 9.47 Å². The lowest BCUT2D eigenvalue weighted by Crippen LogP contribution is -2.57. The molecule has 3 unspecified atom stereocenters. The number of ether oxygens (including phenoxy) is 2. The van der Waals surface area contributed by atoms with Crippen molar-refractivity contribution < 1.29 is 36.2 Å². The number of anilines is 1. The monoisotopic (exact) mass is 661 g/mol. The predicted octanol–water partition coefficient (Wildman–Crippen LogP) is 6.09. The Labute approximate surface area is 248 Å². The van der Waals surface area contributed by atoms with Crippen molar-refractivity contribution in [2.45, 2.75) is 88.4 Å². The molecular formula is C28H33BrF5N5O3. The third-order valence-corrected chi connectivity index (χ3v) is 9.53. The van der Waals surface area contributed by atoms with Crippen LogP contribution in [0.4, 0.5) is 32.6 Å². The SMILES string of the molecule is CC(C)(C)OC(=O)N1C2CCC1CN(c1nc(OC[C@@]34CCCN3CC(F)C4)nc3c(F)c(Br)c(C(F)(F)F)cc13)C2. The van der Waals surface area contributed by atoms with Crippen LogP contribution in [0.3, 0.4) is 0 Å². The molecule has 8 nitrogen and oxygen atoms in total. The number of halogens is 6. The van der Waals surface area contributed by atoms with Gasteiger partial charge >= 0.3 is 18.3 Å². The molecule has 2 bridgehead atoms. The van der Waals surface area contributed by atoms with Gasteiger partial charge in [0.1, 0.15) is 29.7 Å². The molecule has 230 valence electrons. The molecule has 14 heteroatoms. The Morgan fingerprint density at radius 3 is 2.48 bits per heavy atom. The number of benzene rings is 1. The van der Waals surface area contributed by atoms with Gasteiger partial charge in [0.2, 0.25) is 0 Å². The van der Waals surface area contributed by atoms with E-state index in [0.717, 1.165) is 25.5 Å². The zero-order chi connectivity index (χ0) is 30.2. The summed E-state index contributed by atoms with van der Waals surface area (Å²) < 4.78 is 82.4. The molecule has 1 amide bonds. The maximum absolute atomic E-state index is 15.6. The van der Waals surface area contributed by atoms with Crippen LogP contribution in [-0.4, -0.2) is 88.0 Å². The minimum atomic E-state index is -4.83. The highest BCUT2D eigenvalue weighted by Gasteiger charge is 2.50. The van der Waals surface area contributed by atoms with Crippen LogP contribution >= 0.6 is 15.9 Å². The summed E-state index contributed by atoms with van der Waals surface area (Å²) in [6.45, 7) is 7.03. The van der Waals surface area contributed by atoms with Gasteiger partial charge in [-0.25, -0.2) is 13.6 Å². The molecule has 2 aromatic rings. The number of hydrogen-bond donors (Lipinski definition) is 0. The van der Waals surface area contributed by atoms with Crippen molar-refractivity contribution in [3.05, 3.63) is 21.9 Å². The van der Waals surface area contributed by atoms with Crippen molar-refractivity contribution in [1.29, 1.82) is 0 Å². The van der Waals surface area contributed by atoms with E-state index >= 15 is 4.39 Å². The first-order valence-electron chi connectivity index (χ1n) is 14.2. The molecule has 6 rings (SSSR count). The molecule has 0 spiro atoms. The molecule has 5 heterocycles. The van der Waals surface area contributed by atoms with E-state index in [2.05, 4.69) is 30.8 Å². The molecule has 1 aromatic carbocycles. The molecule has 0 saturated carbocycles. The van der Waals surface area contributed by atoms with Gasteiger partial charge in [-0.1, -0.05) is 0 Å². The molecule has 0 N–H and O–H groups in total. The van der Waals surface area contributed by atoms with Crippen LogP contribution in [0.2, 0.25) is 0 Å². The van der Waals surface area contributed by atoms with Crippen LogP contribution in [0.25, 0.3) is 10.9 Å². The molecule has 4 atom stereocenters. The van der Waals surface area contributed by atoms with Crippen molar-refractivity contribution in [2.24, 2.45) is 0 Å². The smallest absolute Gasteiger partial charge is 0.417 e. The summed E-state index contributed by atoms with van der Waals surface area (Å²) in [5.41, 5.74) is -2.69. The summed E-state index contributed by atoms with van der Waals surface area (Å²) >= 11 is 2.78. The van der Waals surface area contributed by atoms with Crippen LogP contribution in [0.1, 0.15) is 58.4 Å². The number of nitrogens with zero attached hydrogens (tertiary/aromatic N) is 5. The zero-order valence-electron chi connectivity index (χ0n) is 23.6. The lowest BCUT2D eigenvalue weighted by atomic mass is 9.95. The van der Waals surface area contributed by atoms with Crippen LogP contribution in [-0.2, 0) is 10.9 Å². The number of carbonyl (C=O) groups excluding carboxylic acids is 1. The summed E-state index contributed by atoms with van der Waals surface area (Å²) in [4.78, 5) is 27.3. The lowest BCUT2D eigenvalue weighted by Gasteiger charge is -2.42. The maximum Gasteiger partial charge on any atom is 0.417 e. The van der Waals surface area contributed by atoms with Crippen molar-refractivity contribution in [3.63, 3.8) is 0 Å². The highest BCUT2D eigenvalue weighted by Crippen LogP contribution is 2.44. The number of alkyl halides is 4. The number of piperazine rings is 1. The second-order valence-corrected chi connectivity index (χ2v) is 13.6. The van der Waals surface area contributed by atoms with Gasteiger partial charge in [-0.05, 0) is 75.0 Å². The van der Waals surface area contributed by atoms with Gasteiger partial charge in [-0.3, -0.25) is 9.80 Å². The number of amides is 1. The van der Waals surface area contributed by atoms with Crippen molar-refractivity contribution in [3.8, 4) is 6.01 Å². The van der Waals surface area contributed by atoms with Gasteiger partial charge in [0.05, 0.1) is 27.7 Å². The van der Waals surface area contributed by atoms with Gasteiger partial charge in [-0.15, -0.1) is 0 Å². The Morgan fingerprint density at radius 2 is 1.83 bits per heavy atom. The zero-order valence-corrected chi connectivity index (χ0v) is 25.2. The lowest BCUT2D eigenvalue weighted by molar-refractivity contribution is -0.138. The van der Waals surface area contributed by atoms with Crippen molar-refractivity contribution in [2.75, 3.05) is 37.7 Å². The molecule has 4 aliphatic rings. The van der Waals surface area contributed by atoms with Gasteiger partial charge in [0.15, 0.2) is 5.82 Å². The maximum atomic E-state index is 15.6. The summed E-state index contributed by atoms with van der Waals surface area (Å²) in [6.07, 6.45) is -2.95. The van der Waals surface area contributed by atoms with Crippen LogP contribution < -0.4 is 9.64 Å². The summed E-state index contributed by atoms with van der Waals surface area (Å²) in [6, 6.07) is 0.141. The molecule has 0 radical (unpaired) electrons. The quantitative estimate of drug-likeness (QED) is 0.367. The van der Waals surface area contributed by atoms with Gasteiger partial charge in [0, 0.05) is 31.4 Å². The standard InChI is InChI=1S/C28H33BrF5N5O3/c1-26(2,3)42-25(40)39-16-5-6-17(39)13-37(12-16)23-18-9-19(28(32,33)34)20(29)21(31)22(18)35-24(36-23)41-14-27-7-4-8-38(27)11-15(30)10-27/h9,15-17H,4-8,10-14H2,1-3H3/t15?,16?,17?,27-/m0/s1. The fourth-order valence-electron chi connectivity index (χ4n) is 7.02. The van der Waals surface area contributed by atoms with Gasteiger partial charge in [-0.2, -0.15) is 23.1 Å². The number of rotatable bonds is 4. The summed E-state index contributed by atoms with van der Waals surface area (Å²) in [5.74, 6) is -1.07. The van der Waals surface area contributed by atoms with E-state index in [1.165, 1.54) is 0 Å². The number of fused-ring (bicyclic) bond motifs is 4. The number of carbonyl (C=O) groups is 1. The largest absolute Gasteiger partial charge is 0.461 e. The second kappa shape index (κ2) is 10.3. The van der Waals surface area contributed by atoms with Crippen LogP contribution in [0, 0.1) is 5.82 Å². The van der Waals surface area contributed by atoms with Crippen LogP contribution in [0.5, 0.6) is 6.01 Å². The Bertz CT molecular complexity index is 1390. The van der Waals surface area contributed by atoms with E-state index < -0.39 is 45.4 Å². The van der Waals surface area contributed by atoms with Crippen molar-refractivity contribution >= 4 is 38.7 Å². The first-order valence-corrected chi connectivity index (χ1v) is 15.0. The average Bonchev–Trinajstić information content (AvgIpc) is 3.50. The van der Waals surface area contributed by atoms with Gasteiger partial charge < -0.3 is 14.4 Å². The number of hydrogen-bond acceptors (Lipinski definition) is 7. The van der Waals surface area contributed by atoms with E-state index in [9.17, 15) is 22.4 Å². The summed E-state index contributed by atoms with van der Waals surface area (Å²) in [5, 5.41) is -0.106. The van der Waals surface area contributed by atoms with Crippen LogP contribution in [0.15, 0.2) is 10.5 Å². The number of aromatic nitrogens is 2. The third kappa shape index (κ3) is 5.26. The molecule has 1 aromatic heterocycles. The minimum absolute atomic E-state index is 0.0828. The fourth-order valence-corrected chi connectivity index (χ4v) is 7.54. The predicted molar refractivity (Wildman–Crippen MR) is 148 cm³/mol. The average molecular weight is 662 g/mol. The first kappa shape index (κ1) is 29.6. The summed E-state index contributed by atoms with van der Waals surface area (Å²) in [7, 11) is 0. The molecule has 42 heavy (non-hydrogen) atoms. The molecular weight excluding hydrogens is 629 g/mol. The molecule has 4 aliphatic heterocycles. The Balaban J connectivity index is 1.37. The van der Waals surface area contributed by atoms with Crippen molar-refractivity contribution in [1.82, 2.24) is 19.8 Å². The van der Waals surface area contributed by atoms with E-state index in [1.54, 1.807) is 30.6 Å². The van der Waals surface area contributed by atoms with Gasteiger partial charge in [0.25, 0.3) is 0 Å². The first-order chi connectivity index (χ1) is 19.6.